The number of rotatable bonds is 4. The topological polar surface area (TPSA) is 38.9 Å². The van der Waals surface area contributed by atoms with Gasteiger partial charge in [0, 0.05) is 37.3 Å². The predicted molar refractivity (Wildman–Crippen MR) is 195 cm³/mol. The summed E-state index contributed by atoms with van der Waals surface area (Å²) < 4.78 is 7.95. The second-order valence-electron chi connectivity index (χ2n) is 12.6. The molecule has 8 aromatic rings. The molecule has 0 fully saturated rings. The number of furan rings is 1. The molecule has 8 rings (SSSR count). The summed E-state index contributed by atoms with van der Waals surface area (Å²) in [5, 5.41) is 4.47. The Balaban J connectivity index is 0.000000185. The molecule has 0 aliphatic heterocycles. The molecule has 5 heteroatoms. The van der Waals surface area contributed by atoms with Gasteiger partial charge in [-0.15, -0.1) is 18.2 Å². The Hall–Kier alpha value is -4.35. The molecule has 0 atom stereocenters. The van der Waals surface area contributed by atoms with Gasteiger partial charge in [-0.1, -0.05) is 89.8 Å². The van der Waals surface area contributed by atoms with Crippen molar-refractivity contribution in [1.82, 2.24) is 9.97 Å². The number of aromatic nitrogens is 2. The van der Waals surface area contributed by atoms with E-state index in [9.17, 15) is 0 Å². The summed E-state index contributed by atoms with van der Waals surface area (Å²) in [6, 6.07) is 47.8. The first-order chi connectivity index (χ1) is 22.4. The molecule has 1 radical (unpaired) electrons. The van der Waals surface area contributed by atoms with Crippen molar-refractivity contribution in [2.24, 2.45) is 0 Å². The summed E-state index contributed by atoms with van der Waals surface area (Å²) in [7, 11) is 0. The Kier molecular flexibility index (Phi) is 9.56. The van der Waals surface area contributed by atoms with Crippen LogP contribution in [0.3, 0.4) is 0 Å². The van der Waals surface area contributed by atoms with Gasteiger partial charge in [-0.05, 0) is 22.0 Å². The van der Waals surface area contributed by atoms with E-state index in [2.05, 4.69) is 131 Å². The van der Waals surface area contributed by atoms with Crippen molar-refractivity contribution in [1.29, 1.82) is 0 Å². The van der Waals surface area contributed by atoms with Crippen LogP contribution in [-0.2, 0) is 20.1 Å². The molecule has 0 aliphatic rings. The van der Waals surface area contributed by atoms with Crippen molar-refractivity contribution in [3.63, 3.8) is 0 Å². The van der Waals surface area contributed by atoms with Crippen molar-refractivity contribution >= 4 is 50.4 Å². The number of pyridine rings is 2. The minimum Gasteiger partial charge on any atom is -0.500 e. The monoisotopic (exact) mass is 849 g/mol. The Bertz CT molecular complexity index is 2310. The van der Waals surface area contributed by atoms with E-state index < -0.39 is 13.3 Å². The van der Waals surface area contributed by atoms with Gasteiger partial charge in [0.1, 0.15) is 5.58 Å². The van der Waals surface area contributed by atoms with E-state index in [1.807, 2.05) is 48.7 Å². The molecular formula is C42H34GeIrN2O-2. The van der Waals surface area contributed by atoms with Crippen LogP contribution >= 0.6 is 0 Å². The average molecular weight is 848 g/mol. The van der Waals surface area contributed by atoms with E-state index in [0.29, 0.717) is 0 Å². The number of benzene rings is 5. The van der Waals surface area contributed by atoms with E-state index >= 15 is 0 Å². The maximum Gasteiger partial charge on any atom is 0.128 e. The Morgan fingerprint density at radius 3 is 2.09 bits per heavy atom. The van der Waals surface area contributed by atoms with Crippen LogP contribution in [0.15, 0.2) is 138 Å². The van der Waals surface area contributed by atoms with Gasteiger partial charge in [0.05, 0.1) is 5.58 Å². The molecule has 0 amide bonds. The molecule has 0 saturated heterocycles. The third-order valence-electron chi connectivity index (χ3n) is 8.33. The fraction of sp³-hybridized carbons (Fsp3) is 0.0952. The van der Waals surface area contributed by atoms with E-state index in [-0.39, 0.29) is 20.1 Å². The Morgan fingerprint density at radius 1 is 0.617 bits per heavy atom. The normalized spacial score (nSPS) is 11.2. The maximum absolute atomic E-state index is 6.46. The second kappa shape index (κ2) is 13.8. The largest absolute Gasteiger partial charge is 0.500 e. The molecule has 0 aliphatic carbocycles. The Morgan fingerprint density at radius 2 is 1.34 bits per heavy atom. The van der Waals surface area contributed by atoms with E-state index in [4.69, 9.17) is 4.42 Å². The summed E-state index contributed by atoms with van der Waals surface area (Å²) >= 11 is -1.77. The van der Waals surface area contributed by atoms with Crippen molar-refractivity contribution in [2.75, 3.05) is 0 Å². The molecule has 0 unspecified atom stereocenters. The zero-order valence-electron chi connectivity index (χ0n) is 26.8. The van der Waals surface area contributed by atoms with E-state index in [1.165, 1.54) is 9.96 Å². The minimum atomic E-state index is -1.77. The number of fused-ring (bicyclic) bond motifs is 4. The van der Waals surface area contributed by atoms with Gasteiger partial charge in [0.15, 0.2) is 0 Å². The van der Waals surface area contributed by atoms with Crippen LogP contribution in [0.2, 0.25) is 17.3 Å². The maximum atomic E-state index is 6.46. The van der Waals surface area contributed by atoms with Crippen LogP contribution in [0.4, 0.5) is 0 Å². The SMILES string of the molecule is Cc1cc(-c2[c-]cccc2)nc[c]1[Ge]([CH3])([CH3])[CH3].[Ir].[c-]1ccc2c(oc3c(-c4ccccc4)cccc32)c1-c1cc2ccccc2cn1. The predicted octanol–water partition coefficient (Wildman–Crippen LogP) is 10.7. The number of para-hydroxylation sites is 1. The van der Waals surface area contributed by atoms with Crippen LogP contribution in [0, 0.1) is 19.1 Å². The minimum absolute atomic E-state index is 0. The molecule has 0 bridgehead atoms. The standard InChI is InChI=1S/C27H16NO.C15H18GeN.Ir/c1-2-8-18(9-3-1)21-12-6-13-22-23-14-7-15-24(27(23)29-26(21)22)25-16-19-10-4-5-11-20(19)17-28-25;1-12-10-15(13-8-6-5-7-9-13)17-11-14(12)16(2,3)4;/h1-14,16-17H;5-8,10-11H,1-4H3;/q2*-1;. The number of hydrogen-bond donors (Lipinski definition) is 0. The zero-order valence-corrected chi connectivity index (χ0v) is 31.3. The van der Waals surface area contributed by atoms with Crippen LogP contribution in [0.1, 0.15) is 5.56 Å². The fourth-order valence-electron chi connectivity index (χ4n) is 6.06. The summed E-state index contributed by atoms with van der Waals surface area (Å²) in [5.74, 6) is 7.20. The van der Waals surface area contributed by atoms with Crippen LogP contribution in [0.25, 0.3) is 66.4 Å². The fourth-order valence-corrected chi connectivity index (χ4v) is 9.64. The number of hydrogen-bond acceptors (Lipinski definition) is 3. The zero-order chi connectivity index (χ0) is 31.7. The van der Waals surface area contributed by atoms with Gasteiger partial charge in [-0.25, -0.2) is 0 Å². The molecular weight excluding hydrogens is 813 g/mol. The molecule has 3 aromatic heterocycles. The molecule has 0 N–H and O–H groups in total. The third-order valence-corrected chi connectivity index (χ3v) is 12.8. The second-order valence-corrected chi connectivity index (χ2v) is 23.1. The number of nitrogens with zero attached hydrogens (tertiary/aromatic N) is 2. The summed E-state index contributed by atoms with van der Waals surface area (Å²) in [5.41, 5.74) is 9.20. The van der Waals surface area contributed by atoms with Gasteiger partial charge in [-0.3, -0.25) is 0 Å². The van der Waals surface area contributed by atoms with Gasteiger partial charge < -0.3 is 9.40 Å². The quantitative estimate of drug-likeness (QED) is 0.131. The molecule has 3 heterocycles. The number of aryl methyl sites for hydroxylation is 1. The smallest absolute Gasteiger partial charge is 0.128 e. The first-order valence-electron chi connectivity index (χ1n) is 15.6. The summed E-state index contributed by atoms with van der Waals surface area (Å²) in [6.07, 6.45) is 3.99. The molecule has 0 saturated carbocycles. The molecule has 47 heavy (non-hydrogen) atoms. The summed E-state index contributed by atoms with van der Waals surface area (Å²) in [6.45, 7) is 2.19. The van der Waals surface area contributed by atoms with Crippen molar-refractivity contribution in [2.45, 2.75) is 24.2 Å². The Labute approximate surface area is 292 Å². The molecule has 0 spiro atoms. The first kappa shape index (κ1) is 32.6. The van der Waals surface area contributed by atoms with Gasteiger partial charge in [0.2, 0.25) is 0 Å². The molecule has 3 nitrogen and oxygen atoms in total. The van der Waals surface area contributed by atoms with Gasteiger partial charge >= 0.3 is 106 Å². The van der Waals surface area contributed by atoms with Crippen LogP contribution in [-0.4, -0.2) is 23.2 Å². The average Bonchev–Trinajstić information content (AvgIpc) is 3.48. The summed E-state index contributed by atoms with van der Waals surface area (Å²) in [4.78, 5) is 9.28. The van der Waals surface area contributed by atoms with Crippen molar-refractivity contribution < 1.29 is 24.5 Å². The van der Waals surface area contributed by atoms with Gasteiger partial charge in [-0.2, -0.15) is 0 Å². The van der Waals surface area contributed by atoms with E-state index in [0.717, 1.165) is 66.4 Å². The molecule has 233 valence electrons. The molecule has 5 aromatic carbocycles. The third kappa shape index (κ3) is 6.73. The first-order valence-corrected chi connectivity index (χ1v) is 22.9. The van der Waals surface area contributed by atoms with E-state index in [1.54, 1.807) is 0 Å². The van der Waals surface area contributed by atoms with Gasteiger partial charge in [0.25, 0.3) is 0 Å². The van der Waals surface area contributed by atoms with Crippen molar-refractivity contribution in [3.05, 3.63) is 151 Å². The van der Waals surface area contributed by atoms with Crippen molar-refractivity contribution in [3.8, 4) is 33.6 Å². The van der Waals surface area contributed by atoms with Crippen LogP contribution < -0.4 is 4.40 Å². The van der Waals surface area contributed by atoms with Crippen LogP contribution in [0.5, 0.6) is 0 Å².